The van der Waals surface area contributed by atoms with Crippen molar-refractivity contribution in [2.75, 3.05) is 17.7 Å². The third-order valence-corrected chi connectivity index (χ3v) is 3.61. The fraction of sp³-hybridized carbons (Fsp3) is 0.583. The fourth-order valence-corrected chi connectivity index (χ4v) is 2.51. The predicted octanol–water partition coefficient (Wildman–Crippen LogP) is 1.68. The number of pyridine rings is 1. The van der Waals surface area contributed by atoms with Crippen LogP contribution < -0.4 is 11.1 Å². The van der Waals surface area contributed by atoms with Crippen LogP contribution in [-0.4, -0.2) is 27.2 Å². The molecule has 19 heavy (non-hydrogen) atoms. The van der Waals surface area contributed by atoms with Gasteiger partial charge >= 0.3 is 5.69 Å². The highest BCUT2D eigenvalue weighted by Crippen LogP contribution is 2.31. The van der Waals surface area contributed by atoms with E-state index in [9.17, 15) is 15.2 Å². The van der Waals surface area contributed by atoms with E-state index in [1.54, 1.807) is 0 Å². The third kappa shape index (κ3) is 2.93. The standard InChI is InChI=1S/C12H18N4O3/c13-11-9(16(18)19)4-5-10(14-11)15-12(8-17)6-2-1-3-7-12/h4-5,17H,1-3,6-8H2,(H3,13,14,15). The van der Waals surface area contributed by atoms with Crippen molar-refractivity contribution in [3.8, 4) is 0 Å². The summed E-state index contributed by atoms with van der Waals surface area (Å²) < 4.78 is 0. The molecule has 1 aliphatic rings. The molecule has 0 aliphatic heterocycles. The van der Waals surface area contributed by atoms with E-state index in [1.165, 1.54) is 18.6 Å². The van der Waals surface area contributed by atoms with Gasteiger partial charge in [-0.2, -0.15) is 0 Å². The summed E-state index contributed by atoms with van der Waals surface area (Å²) >= 11 is 0. The van der Waals surface area contributed by atoms with Gasteiger partial charge in [-0.25, -0.2) is 4.98 Å². The molecule has 2 rings (SSSR count). The Labute approximate surface area is 111 Å². The number of hydrogen-bond donors (Lipinski definition) is 3. The van der Waals surface area contributed by atoms with E-state index < -0.39 is 4.92 Å². The summed E-state index contributed by atoms with van der Waals surface area (Å²) in [4.78, 5) is 14.1. The summed E-state index contributed by atoms with van der Waals surface area (Å²) in [6.45, 7) is 0.0194. The fourth-order valence-electron chi connectivity index (χ4n) is 2.51. The van der Waals surface area contributed by atoms with E-state index in [4.69, 9.17) is 5.73 Å². The maximum Gasteiger partial charge on any atom is 0.311 e. The van der Waals surface area contributed by atoms with Crippen LogP contribution in [0.1, 0.15) is 32.1 Å². The Morgan fingerprint density at radius 2 is 2.11 bits per heavy atom. The lowest BCUT2D eigenvalue weighted by Crippen LogP contribution is -2.44. The highest BCUT2D eigenvalue weighted by atomic mass is 16.6. The molecule has 0 amide bonds. The number of anilines is 2. The topological polar surface area (TPSA) is 114 Å². The maximum absolute atomic E-state index is 10.7. The molecule has 0 aromatic carbocycles. The van der Waals surface area contributed by atoms with Crippen molar-refractivity contribution in [1.82, 2.24) is 4.98 Å². The molecule has 0 unspecified atom stereocenters. The molecular formula is C12H18N4O3. The Kier molecular flexibility index (Phi) is 3.84. The van der Waals surface area contributed by atoms with Crippen molar-refractivity contribution < 1.29 is 10.0 Å². The first-order valence-corrected chi connectivity index (χ1v) is 6.36. The first-order valence-electron chi connectivity index (χ1n) is 6.36. The highest BCUT2D eigenvalue weighted by Gasteiger charge is 2.31. The smallest absolute Gasteiger partial charge is 0.311 e. The lowest BCUT2D eigenvalue weighted by molar-refractivity contribution is -0.384. The Hall–Kier alpha value is -1.89. The summed E-state index contributed by atoms with van der Waals surface area (Å²) in [5.74, 6) is 0.359. The zero-order chi connectivity index (χ0) is 13.9. The molecule has 1 aromatic rings. The molecule has 4 N–H and O–H groups in total. The number of nitro groups is 1. The summed E-state index contributed by atoms with van der Waals surface area (Å²) in [6.07, 6.45) is 5.00. The predicted molar refractivity (Wildman–Crippen MR) is 71.8 cm³/mol. The highest BCUT2D eigenvalue weighted by molar-refractivity contribution is 5.57. The second-order valence-electron chi connectivity index (χ2n) is 4.98. The van der Waals surface area contributed by atoms with Gasteiger partial charge in [0.2, 0.25) is 5.82 Å². The van der Waals surface area contributed by atoms with E-state index in [-0.39, 0.29) is 23.7 Å². The second kappa shape index (κ2) is 5.40. The molecule has 1 heterocycles. The van der Waals surface area contributed by atoms with Crippen LogP contribution in [0, 0.1) is 10.1 Å². The van der Waals surface area contributed by atoms with Crippen LogP contribution in [0.25, 0.3) is 0 Å². The quantitative estimate of drug-likeness (QED) is 0.564. The van der Waals surface area contributed by atoms with Gasteiger partial charge in [-0.05, 0) is 18.9 Å². The Bertz CT molecular complexity index is 472. The molecule has 1 fully saturated rings. The zero-order valence-corrected chi connectivity index (χ0v) is 10.6. The van der Waals surface area contributed by atoms with Gasteiger partial charge in [0.15, 0.2) is 0 Å². The molecule has 0 atom stereocenters. The zero-order valence-electron chi connectivity index (χ0n) is 10.6. The summed E-state index contributed by atoms with van der Waals surface area (Å²) in [5.41, 5.74) is 4.97. The number of aliphatic hydroxyl groups is 1. The van der Waals surface area contributed by atoms with Crippen molar-refractivity contribution in [2.24, 2.45) is 0 Å². The van der Waals surface area contributed by atoms with Crippen LogP contribution in [0.15, 0.2) is 12.1 Å². The normalized spacial score (nSPS) is 17.9. The SMILES string of the molecule is Nc1nc(NC2(CO)CCCCC2)ccc1[N+](=O)[O-]. The van der Waals surface area contributed by atoms with Crippen LogP contribution >= 0.6 is 0 Å². The molecule has 1 aromatic heterocycles. The molecule has 104 valence electrons. The van der Waals surface area contributed by atoms with E-state index in [1.807, 2.05) is 0 Å². The van der Waals surface area contributed by atoms with Gasteiger partial charge in [-0.3, -0.25) is 10.1 Å². The van der Waals surface area contributed by atoms with Gasteiger partial charge in [-0.15, -0.1) is 0 Å². The summed E-state index contributed by atoms with van der Waals surface area (Å²) in [7, 11) is 0. The number of aromatic nitrogens is 1. The average Bonchev–Trinajstić information content (AvgIpc) is 2.39. The largest absolute Gasteiger partial charge is 0.394 e. The Balaban J connectivity index is 2.18. The molecule has 1 saturated carbocycles. The lowest BCUT2D eigenvalue weighted by atomic mass is 9.82. The van der Waals surface area contributed by atoms with Crippen molar-refractivity contribution in [2.45, 2.75) is 37.6 Å². The van der Waals surface area contributed by atoms with Crippen LogP contribution in [-0.2, 0) is 0 Å². The number of rotatable bonds is 4. The van der Waals surface area contributed by atoms with Crippen molar-refractivity contribution in [1.29, 1.82) is 0 Å². The number of nitrogens with zero attached hydrogens (tertiary/aromatic N) is 2. The van der Waals surface area contributed by atoms with E-state index in [2.05, 4.69) is 10.3 Å². The molecule has 0 bridgehead atoms. The van der Waals surface area contributed by atoms with Crippen LogP contribution in [0.4, 0.5) is 17.3 Å². The number of nitrogens with two attached hydrogens (primary N) is 1. The van der Waals surface area contributed by atoms with E-state index >= 15 is 0 Å². The van der Waals surface area contributed by atoms with Crippen molar-refractivity contribution in [3.63, 3.8) is 0 Å². The van der Waals surface area contributed by atoms with Gasteiger partial charge in [0.05, 0.1) is 17.1 Å². The molecule has 0 saturated heterocycles. The molecular weight excluding hydrogens is 248 g/mol. The number of nitrogen functional groups attached to an aromatic ring is 1. The Morgan fingerprint density at radius 3 is 2.63 bits per heavy atom. The van der Waals surface area contributed by atoms with E-state index in [0.29, 0.717) is 5.82 Å². The monoisotopic (exact) mass is 266 g/mol. The molecule has 0 radical (unpaired) electrons. The van der Waals surface area contributed by atoms with Crippen LogP contribution in [0.2, 0.25) is 0 Å². The number of aliphatic hydroxyl groups excluding tert-OH is 1. The van der Waals surface area contributed by atoms with Crippen molar-refractivity contribution in [3.05, 3.63) is 22.2 Å². The molecule has 1 aliphatic carbocycles. The van der Waals surface area contributed by atoms with Gasteiger partial charge in [0, 0.05) is 6.07 Å². The third-order valence-electron chi connectivity index (χ3n) is 3.61. The van der Waals surface area contributed by atoms with Gasteiger partial charge in [-0.1, -0.05) is 19.3 Å². The van der Waals surface area contributed by atoms with Crippen LogP contribution in [0.5, 0.6) is 0 Å². The first kappa shape index (κ1) is 13.5. The Morgan fingerprint density at radius 1 is 1.42 bits per heavy atom. The maximum atomic E-state index is 10.7. The minimum atomic E-state index is -0.561. The summed E-state index contributed by atoms with van der Waals surface area (Å²) in [6, 6.07) is 2.86. The number of hydrogen-bond acceptors (Lipinski definition) is 6. The lowest BCUT2D eigenvalue weighted by Gasteiger charge is -2.36. The average molecular weight is 266 g/mol. The first-order chi connectivity index (χ1) is 9.06. The van der Waals surface area contributed by atoms with Crippen molar-refractivity contribution >= 4 is 17.3 Å². The minimum Gasteiger partial charge on any atom is -0.394 e. The number of nitrogens with one attached hydrogen (secondary N) is 1. The van der Waals surface area contributed by atoms with Gasteiger partial charge < -0.3 is 16.2 Å². The molecule has 7 heteroatoms. The minimum absolute atomic E-state index is 0.0194. The summed E-state index contributed by atoms with van der Waals surface area (Å²) in [5, 5.41) is 23.4. The van der Waals surface area contributed by atoms with E-state index in [0.717, 1.165) is 25.7 Å². The molecule has 0 spiro atoms. The molecule has 7 nitrogen and oxygen atoms in total. The van der Waals surface area contributed by atoms with Gasteiger partial charge in [0.1, 0.15) is 5.82 Å². The van der Waals surface area contributed by atoms with Gasteiger partial charge in [0.25, 0.3) is 0 Å². The second-order valence-corrected chi connectivity index (χ2v) is 4.98. The van der Waals surface area contributed by atoms with Crippen LogP contribution in [0.3, 0.4) is 0 Å².